The number of carbonyl (C=O) groups is 1. The molecule has 4 aliphatic heterocycles. The number of amides is 1. The molecule has 0 spiro atoms. The van der Waals surface area contributed by atoms with Crippen LogP contribution in [0.1, 0.15) is 64.9 Å². The van der Waals surface area contributed by atoms with Crippen LogP contribution in [0.15, 0.2) is 30.5 Å². The van der Waals surface area contributed by atoms with Crippen LogP contribution in [-0.4, -0.2) is 74.1 Å². The number of likely N-dealkylation sites (tertiary alicyclic amines) is 1. The molecular weight excluding hydrogens is 494 g/mol. The minimum absolute atomic E-state index is 0. The maximum absolute atomic E-state index is 11.4. The first-order valence-corrected chi connectivity index (χ1v) is 14.4. The van der Waals surface area contributed by atoms with Crippen molar-refractivity contribution in [3.8, 4) is 5.75 Å². The number of pyridine rings is 1. The van der Waals surface area contributed by atoms with E-state index in [-0.39, 0.29) is 13.1 Å². The summed E-state index contributed by atoms with van der Waals surface area (Å²) in [6.07, 6.45) is 6.32. The molecule has 5 heterocycles. The summed E-state index contributed by atoms with van der Waals surface area (Å²) in [6.45, 7) is 13.5. The van der Waals surface area contributed by atoms with Gasteiger partial charge < -0.3 is 34.6 Å². The first kappa shape index (κ1) is 27.5. The van der Waals surface area contributed by atoms with Crippen molar-refractivity contribution in [2.45, 2.75) is 64.6 Å². The van der Waals surface area contributed by atoms with Gasteiger partial charge in [-0.15, -0.1) is 0 Å². The molecule has 0 aliphatic carbocycles. The van der Waals surface area contributed by atoms with Crippen LogP contribution >= 0.6 is 0 Å². The van der Waals surface area contributed by atoms with Crippen LogP contribution in [0.5, 0.6) is 5.75 Å². The van der Waals surface area contributed by atoms with Gasteiger partial charge >= 0.3 is 6.09 Å². The number of morpholine rings is 1. The Kier molecular flexibility index (Phi) is 8.77. The van der Waals surface area contributed by atoms with E-state index in [4.69, 9.17) is 14.2 Å². The van der Waals surface area contributed by atoms with Crippen molar-refractivity contribution in [1.29, 1.82) is 0 Å². The molecular formula is C30H45N5O4. The van der Waals surface area contributed by atoms with Gasteiger partial charge in [0.25, 0.3) is 0 Å². The van der Waals surface area contributed by atoms with Gasteiger partial charge in [-0.3, -0.25) is 0 Å². The Labute approximate surface area is 233 Å². The fourth-order valence-corrected chi connectivity index (χ4v) is 5.52. The van der Waals surface area contributed by atoms with Gasteiger partial charge in [-0.25, -0.2) is 9.78 Å². The fourth-order valence-electron chi connectivity index (χ4n) is 5.52. The topological polar surface area (TPSA) is 88.2 Å². The highest BCUT2D eigenvalue weighted by Gasteiger charge is 2.25. The lowest BCUT2D eigenvalue weighted by molar-refractivity contribution is 0.0295. The number of hydrogen-bond acceptors (Lipinski definition) is 8. The van der Waals surface area contributed by atoms with Gasteiger partial charge in [-0.1, -0.05) is 6.07 Å². The van der Waals surface area contributed by atoms with Gasteiger partial charge in [0.05, 0.1) is 24.5 Å². The van der Waals surface area contributed by atoms with Crippen LogP contribution in [0.2, 0.25) is 0 Å². The zero-order valence-electron chi connectivity index (χ0n) is 23.6. The van der Waals surface area contributed by atoms with Crippen molar-refractivity contribution in [3.05, 3.63) is 41.6 Å². The molecule has 2 N–H and O–H groups in total. The highest BCUT2D eigenvalue weighted by molar-refractivity contribution is 5.73. The number of hydrogen-bond donors (Lipinski definition) is 2. The predicted octanol–water partition coefficient (Wildman–Crippen LogP) is 5.28. The quantitative estimate of drug-likeness (QED) is 0.533. The van der Waals surface area contributed by atoms with E-state index in [0.717, 1.165) is 88.1 Å². The molecule has 39 heavy (non-hydrogen) atoms. The third kappa shape index (κ3) is 7.13. The Hall–Kier alpha value is -3.04. The Balaban J connectivity index is 0.000000242. The number of benzene rings is 1. The molecule has 3 saturated heterocycles. The Bertz CT molecular complexity index is 1120. The number of nitrogens with zero attached hydrogens (tertiary/aromatic N) is 3. The average Bonchev–Trinajstić information content (AvgIpc) is 3.42. The zero-order chi connectivity index (χ0) is 27.2. The van der Waals surface area contributed by atoms with Crippen molar-refractivity contribution >= 4 is 23.3 Å². The van der Waals surface area contributed by atoms with Gasteiger partial charge in [0, 0.05) is 39.5 Å². The number of rotatable bonds is 2. The third-order valence-electron chi connectivity index (χ3n) is 7.58. The zero-order valence-corrected chi connectivity index (χ0v) is 23.6. The Morgan fingerprint density at radius 2 is 1.82 bits per heavy atom. The van der Waals surface area contributed by atoms with Gasteiger partial charge in [-0.2, -0.15) is 0 Å². The smallest absolute Gasteiger partial charge is 0.410 e. The summed E-state index contributed by atoms with van der Waals surface area (Å²) in [6, 6.07) is 8.68. The summed E-state index contributed by atoms with van der Waals surface area (Å²) < 4.78 is 16.9. The SMILES string of the molecule is CC(C)(C)OC(=O)N1CCCC1.[HH].c1cc(N2CCOCC2)c2c(n1)Nc1cc(C3CCNCC3)ccc1OC2. The lowest BCUT2D eigenvalue weighted by Crippen LogP contribution is -2.37. The van der Waals surface area contributed by atoms with E-state index in [1.165, 1.54) is 24.1 Å². The maximum atomic E-state index is 11.4. The number of aromatic nitrogens is 1. The number of nitrogens with one attached hydrogen (secondary N) is 2. The summed E-state index contributed by atoms with van der Waals surface area (Å²) in [4.78, 5) is 20.1. The van der Waals surface area contributed by atoms with Crippen molar-refractivity contribution in [3.63, 3.8) is 0 Å². The van der Waals surface area contributed by atoms with Crippen molar-refractivity contribution in [2.24, 2.45) is 0 Å². The molecule has 2 aromatic rings. The molecule has 0 radical (unpaired) electrons. The summed E-state index contributed by atoms with van der Waals surface area (Å²) in [7, 11) is 0. The van der Waals surface area contributed by atoms with Crippen LogP contribution in [0.3, 0.4) is 0 Å². The number of anilines is 3. The molecule has 9 nitrogen and oxygen atoms in total. The van der Waals surface area contributed by atoms with Crippen molar-refractivity contribution in [1.82, 2.24) is 15.2 Å². The number of fused-ring (bicyclic) bond motifs is 2. The van der Waals surface area contributed by atoms with Gasteiger partial charge in [0.15, 0.2) is 0 Å². The Morgan fingerprint density at radius 1 is 1.08 bits per heavy atom. The molecule has 4 aliphatic rings. The highest BCUT2D eigenvalue weighted by Crippen LogP contribution is 2.39. The molecule has 0 bridgehead atoms. The second-order valence-corrected chi connectivity index (χ2v) is 11.6. The van der Waals surface area contributed by atoms with Gasteiger partial charge in [0.1, 0.15) is 23.8 Å². The van der Waals surface area contributed by atoms with Crippen LogP contribution in [-0.2, 0) is 16.1 Å². The first-order valence-electron chi connectivity index (χ1n) is 14.4. The van der Waals surface area contributed by atoms with E-state index in [1.54, 1.807) is 4.90 Å². The van der Waals surface area contributed by atoms with Crippen molar-refractivity contribution < 1.29 is 20.4 Å². The predicted molar refractivity (Wildman–Crippen MR) is 155 cm³/mol. The lowest BCUT2D eigenvalue weighted by Gasteiger charge is -2.30. The van der Waals surface area contributed by atoms with E-state index < -0.39 is 0 Å². The van der Waals surface area contributed by atoms with Crippen LogP contribution in [0.4, 0.5) is 22.0 Å². The number of ether oxygens (including phenoxy) is 3. The molecule has 9 heteroatoms. The molecule has 0 atom stereocenters. The normalized spacial score (nSPS) is 19.5. The van der Waals surface area contributed by atoms with Crippen LogP contribution in [0.25, 0.3) is 0 Å². The lowest BCUT2D eigenvalue weighted by atomic mass is 9.90. The summed E-state index contributed by atoms with van der Waals surface area (Å²) >= 11 is 0. The second-order valence-electron chi connectivity index (χ2n) is 11.6. The molecule has 214 valence electrons. The summed E-state index contributed by atoms with van der Waals surface area (Å²) in [5.74, 6) is 2.42. The molecule has 1 aromatic heterocycles. The summed E-state index contributed by atoms with van der Waals surface area (Å²) in [5.41, 5.74) is 4.37. The highest BCUT2D eigenvalue weighted by atomic mass is 16.6. The number of carbonyl (C=O) groups excluding carboxylic acids is 1. The largest absolute Gasteiger partial charge is 0.487 e. The van der Waals surface area contributed by atoms with E-state index in [9.17, 15) is 4.79 Å². The number of piperidine rings is 1. The minimum Gasteiger partial charge on any atom is -0.487 e. The molecule has 0 unspecified atom stereocenters. The van der Waals surface area contributed by atoms with Crippen LogP contribution < -0.4 is 20.3 Å². The molecule has 1 aromatic carbocycles. The van der Waals surface area contributed by atoms with E-state index in [1.807, 2.05) is 27.0 Å². The van der Waals surface area contributed by atoms with Gasteiger partial charge in [0.2, 0.25) is 0 Å². The van der Waals surface area contributed by atoms with E-state index >= 15 is 0 Å². The molecule has 3 fully saturated rings. The molecule has 6 rings (SSSR count). The average molecular weight is 540 g/mol. The first-order chi connectivity index (χ1) is 18.9. The second kappa shape index (κ2) is 12.4. The monoisotopic (exact) mass is 539 g/mol. The Morgan fingerprint density at radius 3 is 2.54 bits per heavy atom. The summed E-state index contributed by atoms with van der Waals surface area (Å²) in [5, 5.41) is 7.00. The standard InChI is InChI=1S/C21H26N4O2.C9H17NO2.H2/c1-2-20-18(13-16(1)15-3-6-22-7-4-15)24-21-17(14-27-20)19(5-8-23-21)25-9-11-26-12-10-25;1-9(2,3)12-8(11)10-6-4-5-7-10;/h1-2,5,8,13,15,22H,3-4,6-7,9-12,14H2,(H,23,24);4-7H2,1-3H3;1H. The maximum Gasteiger partial charge on any atom is 0.410 e. The fraction of sp³-hybridized carbons (Fsp3) is 0.600. The van der Waals surface area contributed by atoms with Crippen LogP contribution in [0, 0.1) is 0 Å². The van der Waals surface area contributed by atoms with E-state index in [0.29, 0.717) is 12.5 Å². The van der Waals surface area contributed by atoms with Gasteiger partial charge in [-0.05, 0) is 89.2 Å². The molecule has 1 amide bonds. The minimum atomic E-state index is -0.361. The third-order valence-corrected chi connectivity index (χ3v) is 7.58. The molecule has 0 saturated carbocycles. The van der Waals surface area contributed by atoms with Crippen molar-refractivity contribution in [2.75, 3.05) is 62.7 Å². The van der Waals surface area contributed by atoms with E-state index in [2.05, 4.69) is 44.8 Å².